The highest BCUT2D eigenvalue weighted by atomic mass is 32.2. The minimum Gasteiger partial charge on any atom is -0.494 e. The van der Waals surface area contributed by atoms with Crippen LogP contribution in [0, 0.1) is 29.6 Å². The molecule has 7 fully saturated rings. The molecule has 0 amide bonds. The summed E-state index contributed by atoms with van der Waals surface area (Å²) in [5, 5.41) is 0. The maximum atomic E-state index is 11.5. The molecule has 8 rings (SSSR count). The molecular weight excluding hydrogens is 460 g/mol. The molecule has 5 saturated carbocycles. The molecule has 192 valence electrons. The molecule has 2 spiro atoms. The average Bonchev–Trinajstić information content (AvgIpc) is 3.24. The summed E-state index contributed by atoms with van der Waals surface area (Å²) in [6, 6.07) is 8.75. The van der Waals surface area contributed by atoms with E-state index >= 15 is 0 Å². The summed E-state index contributed by atoms with van der Waals surface area (Å²) >= 11 is 0. The van der Waals surface area contributed by atoms with Gasteiger partial charge in [-0.1, -0.05) is 12.1 Å². The Bertz CT molecular complexity index is 899. The third-order valence-corrected chi connectivity index (χ3v) is 11.7. The Morgan fingerprint density at radius 2 is 1.51 bits per heavy atom. The molecule has 0 N–H and O–H groups in total. The van der Waals surface area contributed by atoms with E-state index in [2.05, 4.69) is 24.3 Å². The van der Waals surface area contributed by atoms with Crippen molar-refractivity contribution in [2.24, 2.45) is 29.6 Å². The highest BCUT2D eigenvalue weighted by Crippen LogP contribution is 2.64. The molecule has 0 aromatic heterocycles. The Morgan fingerprint density at radius 3 is 2.17 bits per heavy atom. The van der Waals surface area contributed by atoms with E-state index in [-0.39, 0.29) is 0 Å². The molecule has 1 aromatic carbocycles. The summed E-state index contributed by atoms with van der Waals surface area (Å²) in [6.07, 6.45) is 13.7. The molecule has 7 aliphatic rings. The number of hydrogen-bond acceptors (Lipinski definition) is 5. The lowest BCUT2D eigenvalue weighted by atomic mass is 9.53. The largest absolute Gasteiger partial charge is 0.494 e. The van der Waals surface area contributed by atoms with Gasteiger partial charge in [-0.25, -0.2) is 0 Å². The van der Waals surface area contributed by atoms with Crippen LogP contribution in [0.2, 0.25) is 0 Å². The van der Waals surface area contributed by atoms with Crippen molar-refractivity contribution in [1.29, 1.82) is 0 Å². The van der Waals surface area contributed by atoms with Crippen molar-refractivity contribution < 1.29 is 23.5 Å². The minimum absolute atomic E-state index is 0.450. The van der Waals surface area contributed by atoms with E-state index in [9.17, 15) is 4.21 Å². The van der Waals surface area contributed by atoms with Gasteiger partial charge in [-0.2, -0.15) is 9.78 Å². The molecule has 2 heterocycles. The lowest BCUT2D eigenvalue weighted by Gasteiger charge is -2.57. The van der Waals surface area contributed by atoms with Gasteiger partial charge in [0.05, 0.1) is 6.61 Å². The van der Waals surface area contributed by atoms with Crippen LogP contribution in [0.3, 0.4) is 0 Å². The standard InChI is InChI=1S/C29H40O5S/c30-35-13-8-20(9-14-35)7-12-31-27-3-1-23(2-4-27)24-5-10-28(11-6-24)32-29(34-33-28)25-16-21-15-22(18-25)19-26(29)17-21/h1-4,20-22,24-26H,5-19H2. The monoisotopic (exact) mass is 500 g/mol. The Labute approximate surface area is 212 Å². The first kappa shape index (κ1) is 23.2. The van der Waals surface area contributed by atoms with E-state index < -0.39 is 22.4 Å². The predicted octanol–water partition coefficient (Wildman–Crippen LogP) is 6.10. The SMILES string of the molecule is O=S1CCC(CCOc2ccc(C3CCC4(CC3)OOC3(O4)C4CC5CC(C4)CC3C5)cc2)CC1. The lowest BCUT2D eigenvalue weighted by Crippen LogP contribution is -2.59. The zero-order valence-corrected chi connectivity index (χ0v) is 21.6. The number of hydrogen-bond donors (Lipinski definition) is 0. The van der Waals surface area contributed by atoms with Crippen LogP contribution in [0.5, 0.6) is 5.75 Å². The average molecular weight is 501 g/mol. The maximum absolute atomic E-state index is 11.5. The lowest BCUT2D eigenvalue weighted by molar-refractivity contribution is -0.390. The van der Waals surface area contributed by atoms with Crippen molar-refractivity contribution in [3.8, 4) is 5.75 Å². The molecule has 0 atom stereocenters. The van der Waals surface area contributed by atoms with Gasteiger partial charge in [-0.15, -0.1) is 0 Å². The van der Waals surface area contributed by atoms with Crippen LogP contribution in [0.1, 0.15) is 88.5 Å². The van der Waals surface area contributed by atoms with Crippen molar-refractivity contribution in [3.63, 3.8) is 0 Å². The predicted molar refractivity (Wildman–Crippen MR) is 134 cm³/mol. The van der Waals surface area contributed by atoms with Crippen LogP contribution in [-0.4, -0.2) is 33.9 Å². The maximum Gasteiger partial charge on any atom is 0.210 e. The number of benzene rings is 1. The zero-order chi connectivity index (χ0) is 23.5. The van der Waals surface area contributed by atoms with Crippen LogP contribution in [-0.2, 0) is 25.3 Å². The van der Waals surface area contributed by atoms with E-state index in [4.69, 9.17) is 19.2 Å². The highest BCUT2D eigenvalue weighted by molar-refractivity contribution is 7.85. The Hall–Kier alpha value is -0.950. The highest BCUT2D eigenvalue weighted by Gasteiger charge is 2.66. The topological polar surface area (TPSA) is 54.0 Å². The van der Waals surface area contributed by atoms with E-state index in [0.717, 1.165) is 80.6 Å². The van der Waals surface area contributed by atoms with Gasteiger partial charge < -0.3 is 9.47 Å². The normalized spacial score (nSPS) is 46.5. The van der Waals surface area contributed by atoms with Crippen LogP contribution >= 0.6 is 0 Å². The van der Waals surface area contributed by atoms with Gasteiger partial charge in [0.15, 0.2) is 0 Å². The summed E-state index contributed by atoms with van der Waals surface area (Å²) in [5.74, 6) is 5.79. The first-order valence-corrected chi connectivity index (χ1v) is 15.7. The molecule has 5 aliphatic carbocycles. The van der Waals surface area contributed by atoms with Crippen molar-refractivity contribution in [2.45, 2.75) is 94.5 Å². The van der Waals surface area contributed by atoms with Gasteiger partial charge in [0.1, 0.15) is 5.75 Å². The number of ether oxygens (including phenoxy) is 2. The minimum atomic E-state index is -0.578. The first-order chi connectivity index (χ1) is 17.1. The summed E-state index contributed by atoms with van der Waals surface area (Å²) < 4.78 is 24.4. The Morgan fingerprint density at radius 1 is 0.857 bits per heavy atom. The van der Waals surface area contributed by atoms with Crippen molar-refractivity contribution >= 4 is 10.8 Å². The summed E-state index contributed by atoms with van der Waals surface area (Å²) in [7, 11) is -0.578. The van der Waals surface area contributed by atoms with E-state index in [0.29, 0.717) is 23.7 Å². The van der Waals surface area contributed by atoms with Gasteiger partial charge in [0, 0.05) is 47.0 Å². The third kappa shape index (κ3) is 4.30. The van der Waals surface area contributed by atoms with Crippen LogP contribution < -0.4 is 4.74 Å². The molecular formula is C29H40O5S. The van der Waals surface area contributed by atoms with Crippen molar-refractivity contribution in [2.75, 3.05) is 18.1 Å². The third-order valence-electron chi connectivity index (χ3n) is 10.3. The quantitative estimate of drug-likeness (QED) is 0.457. The second-order valence-electron chi connectivity index (χ2n) is 12.5. The van der Waals surface area contributed by atoms with E-state index in [1.54, 1.807) is 0 Å². The van der Waals surface area contributed by atoms with Gasteiger partial charge in [0.25, 0.3) is 0 Å². The fraction of sp³-hybridized carbons (Fsp3) is 0.793. The molecule has 35 heavy (non-hydrogen) atoms. The van der Waals surface area contributed by atoms with E-state index in [1.165, 1.54) is 37.7 Å². The summed E-state index contributed by atoms with van der Waals surface area (Å²) in [4.78, 5) is 12.3. The zero-order valence-electron chi connectivity index (χ0n) is 20.8. The fourth-order valence-electron chi connectivity index (χ4n) is 8.50. The number of rotatable bonds is 5. The molecule has 1 aromatic rings. The van der Waals surface area contributed by atoms with Crippen LogP contribution in [0.4, 0.5) is 0 Å². The van der Waals surface area contributed by atoms with Gasteiger partial charge in [-0.05, 0) is 106 Å². The van der Waals surface area contributed by atoms with Crippen LogP contribution in [0.15, 0.2) is 24.3 Å². The fourth-order valence-corrected chi connectivity index (χ4v) is 9.89. The molecule has 0 unspecified atom stereocenters. The van der Waals surface area contributed by atoms with Gasteiger partial charge in [-0.3, -0.25) is 4.21 Å². The van der Waals surface area contributed by atoms with Crippen molar-refractivity contribution in [3.05, 3.63) is 29.8 Å². The van der Waals surface area contributed by atoms with Gasteiger partial charge in [0.2, 0.25) is 11.6 Å². The molecule has 5 nitrogen and oxygen atoms in total. The second-order valence-corrected chi connectivity index (χ2v) is 14.2. The Kier molecular flexibility index (Phi) is 6.03. The van der Waals surface area contributed by atoms with Gasteiger partial charge >= 0.3 is 0 Å². The smallest absolute Gasteiger partial charge is 0.210 e. The molecule has 0 radical (unpaired) electrons. The first-order valence-electron chi connectivity index (χ1n) is 14.2. The van der Waals surface area contributed by atoms with Crippen molar-refractivity contribution in [1.82, 2.24) is 0 Å². The summed E-state index contributed by atoms with van der Waals surface area (Å²) in [5.41, 5.74) is 1.39. The molecule has 2 saturated heterocycles. The molecule has 4 bridgehead atoms. The molecule has 6 heteroatoms. The van der Waals surface area contributed by atoms with E-state index in [1.807, 2.05) is 0 Å². The second kappa shape index (κ2) is 9.11. The molecule has 2 aliphatic heterocycles. The Balaban J connectivity index is 0.915. The van der Waals surface area contributed by atoms with Crippen LogP contribution in [0.25, 0.3) is 0 Å². The summed E-state index contributed by atoms with van der Waals surface area (Å²) in [6.45, 7) is 0.752.